The molecule has 0 aliphatic carbocycles. The van der Waals surface area contributed by atoms with Crippen LogP contribution in [0.1, 0.15) is 5.56 Å². The van der Waals surface area contributed by atoms with Crippen LogP contribution in [0, 0.1) is 10.1 Å². The van der Waals surface area contributed by atoms with Crippen LogP contribution in [-0.2, 0) is 0 Å². The largest absolute Gasteiger partial charge is 0.506 e. The summed E-state index contributed by atoms with van der Waals surface area (Å²) in [6.45, 7) is 0. The summed E-state index contributed by atoms with van der Waals surface area (Å²) in [4.78, 5) is 10.1. The summed E-state index contributed by atoms with van der Waals surface area (Å²) >= 11 is 6.55. The summed E-state index contributed by atoms with van der Waals surface area (Å²) in [5, 5.41) is 24.4. The van der Waals surface area contributed by atoms with E-state index >= 15 is 0 Å². The van der Waals surface area contributed by atoms with Crippen LogP contribution < -0.4 is 5.43 Å². The molecule has 0 unspecified atom stereocenters. The second-order valence-corrected chi connectivity index (χ2v) is 5.77. The minimum Gasteiger partial charge on any atom is -0.506 e. The predicted octanol–water partition coefficient (Wildman–Crippen LogP) is 4.27. The van der Waals surface area contributed by atoms with Crippen LogP contribution in [0.3, 0.4) is 0 Å². The smallest absolute Gasteiger partial charge is 0.269 e. The molecule has 0 amide bonds. The van der Waals surface area contributed by atoms with Crippen molar-refractivity contribution in [3.8, 4) is 5.75 Å². The number of halogens is 2. The fourth-order valence-corrected chi connectivity index (χ4v) is 2.78. The lowest BCUT2D eigenvalue weighted by atomic mass is 10.2. The van der Waals surface area contributed by atoms with Crippen LogP contribution >= 0.6 is 31.9 Å². The average molecular weight is 415 g/mol. The highest BCUT2D eigenvalue weighted by molar-refractivity contribution is 9.11. The Labute approximate surface area is 136 Å². The summed E-state index contributed by atoms with van der Waals surface area (Å²) in [5.41, 5.74) is 3.86. The Morgan fingerprint density at radius 2 is 1.90 bits per heavy atom. The lowest BCUT2D eigenvalue weighted by molar-refractivity contribution is -0.384. The molecule has 2 aromatic carbocycles. The van der Waals surface area contributed by atoms with Crippen LogP contribution in [0.15, 0.2) is 50.4 Å². The minimum atomic E-state index is -0.468. The van der Waals surface area contributed by atoms with Gasteiger partial charge in [0.05, 0.1) is 21.3 Å². The molecule has 0 radical (unpaired) electrons. The van der Waals surface area contributed by atoms with E-state index in [0.29, 0.717) is 15.7 Å². The summed E-state index contributed by atoms with van der Waals surface area (Å²) in [6, 6.07) is 9.28. The molecule has 2 aromatic rings. The third-order valence-corrected chi connectivity index (χ3v) is 3.60. The number of nitro groups is 1. The minimum absolute atomic E-state index is 0.0121. The van der Waals surface area contributed by atoms with Crippen molar-refractivity contribution in [3.05, 3.63) is 61.0 Å². The van der Waals surface area contributed by atoms with Gasteiger partial charge in [0.25, 0.3) is 5.69 Å². The number of aromatic hydroxyl groups is 1. The molecule has 0 bridgehead atoms. The number of phenols is 1. The van der Waals surface area contributed by atoms with E-state index in [-0.39, 0.29) is 11.4 Å². The van der Waals surface area contributed by atoms with Gasteiger partial charge in [-0.2, -0.15) is 5.10 Å². The third-order valence-electron chi connectivity index (χ3n) is 2.53. The molecule has 0 aliphatic heterocycles. The van der Waals surface area contributed by atoms with Crippen molar-refractivity contribution in [1.82, 2.24) is 0 Å². The van der Waals surface area contributed by atoms with Gasteiger partial charge in [0.15, 0.2) is 0 Å². The number of hydrazone groups is 1. The molecule has 0 saturated carbocycles. The molecule has 0 spiro atoms. The lowest BCUT2D eigenvalue weighted by Crippen LogP contribution is -1.92. The fraction of sp³-hybridized carbons (Fsp3) is 0. The maximum Gasteiger partial charge on any atom is 0.269 e. The second kappa shape index (κ2) is 6.68. The van der Waals surface area contributed by atoms with Crippen molar-refractivity contribution in [3.63, 3.8) is 0 Å². The van der Waals surface area contributed by atoms with Crippen LogP contribution in [0.25, 0.3) is 0 Å². The molecule has 8 heteroatoms. The standard InChI is InChI=1S/C13H9Br2N3O3/c14-9-5-8(13(19)12(15)6-9)7-16-17-10-1-3-11(4-2-10)18(20)21/h1-7,17,19H/b16-7-. The van der Waals surface area contributed by atoms with Crippen molar-refractivity contribution < 1.29 is 10.0 Å². The van der Waals surface area contributed by atoms with Gasteiger partial charge in [-0.1, -0.05) is 15.9 Å². The molecule has 0 fully saturated rings. The Kier molecular flexibility index (Phi) is 4.92. The van der Waals surface area contributed by atoms with Gasteiger partial charge in [0.2, 0.25) is 0 Å². The Morgan fingerprint density at radius 1 is 1.24 bits per heavy atom. The number of hydrogen-bond donors (Lipinski definition) is 2. The van der Waals surface area contributed by atoms with Gasteiger partial charge in [-0.05, 0) is 40.2 Å². The molecule has 108 valence electrons. The number of non-ortho nitro benzene ring substituents is 1. The molecule has 0 aliphatic rings. The number of rotatable bonds is 4. The maximum atomic E-state index is 10.5. The average Bonchev–Trinajstić information content (AvgIpc) is 2.44. The molecule has 0 saturated heterocycles. The van der Waals surface area contributed by atoms with Gasteiger partial charge in [-0.3, -0.25) is 15.5 Å². The number of anilines is 1. The topological polar surface area (TPSA) is 87.8 Å². The van der Waals surface area contributed by atoms with E-state index in [1.807, 2.05) is 0 Å². The van der Waals surface area contributed by atoms with Gasteiger partial charge in [0, 0.05) is 22.2 Å². The van der Waals surface area contributed by atoms with Crippen LogP contribution in [-0.4, -0.2) is 16.2 Å². The van der Waals surface area contributed by atoms with E-state index in [9.17, 15) is 15.2 Å². The van der Waals surface area contributed by atoms with Gasteiger partial charge >= 0.3 is 0 Å². The first kappa shape index (κ1) is 15.5. The quantitative estimate of drug-likeness (QED) is 0.444. The molecular formula is C13H9Br2N3O3. The number of hydrogen-bond acceptors (Lipinski definition) is 5. The zero-order valence-corrected chi connectivity index (χ0v) is 13.6. The fourth-order valence-electron chi connectivity index (χ4n) is 1.52. The zero-order chi connectivity index (χ0) is 15.4. The molecule has 0 heterocycles. The Balaban J connectivity index is 2.10. The molecule has 0 aromatic heterocycles. The Morgan fingerprint density at radius 3 is 2.52 bits per heavy atom. The van der Waals surface area contributed by atoms with E-state index < -0.39 is 4.92 Å². The molecule has 0 atom stereocenters. The zero-order valence-electron chi connectivity index (χ0n) is 10.5. The van der Waals surface area contributed by atoms with E-state index in [1.165, 1.54) is 18.3 Å². The van der Waals surface area contributed by atoms with Crippen LogP contribution in [0.4, 0.5) is 11.4 Å². The molecule has 21 heavy (non-hydrogen) atoms. The molecule has 2 rings (SSSR count). The van der Waals surface area contributed by atoms with E-state index in [0.717, 1.165) is 4.47 Å². The third kappa shape index (κ3) is 4.02. The highest BCUT2D eigenvalue weighted by atomic mass is 79.9. The molecular weight excluding hydrogens is 406 g/mol. The summed E-state index contributed by atoms with van der Waals surface area (Å²) in [5.74, 6) is 0.0763. The van der Waals surface area contributed by atoms with Gasteiger partial charge < -0.3 is 5.11 Å². The van der Waals surface area contributed by atoms with Crippen LogP contribution in [0.5, 0.6) is 5.75 Å². The lowest BCUT2D eigenvalue weighted by Gasteiger charge is -2.03. The first-order valence-electron chi connectivity index (χ1n) is 5.69. The number of phenolic OH excluding ortho intramolecular Hbond substituents is 1. The second-order valence-electron chi connectivity index (χ2n) is 4.00. The van der Waals surface area contributed by atoms with Gasteiger partial charge in [0.1, 0.15) is 5.75 Å². The van der Waals surface area contributed by atoms with E-state index in [2.05, 4.69) is 42.4 Å². The SMILES string of the molecule is O=[N+]([O-])c1ccc(N/N=C\c2cc(Br)cc(Br)c2O)cc1. The number of nitrogens with zero attached hydrogens (tertiary/aromatic N) is 2. The predicted molar refractivity (Wildman–Crippen MR) is 87.8 cm³/mol. The van der Waals surface area contributed by atoms with Gasteiger partial charge in [-0.25, -0.2) is 0 Å². The monoisotopic (exact) mass is 413 g/mol. The van der Waals surface area contributed by atoms with Gasteiger partial charge in [-0.15, -0.1) is 0 Å². The van der Waals surface area contributed by atoms with Crippen molar-refractivity contribution in [1.29, 1.82) is 0 Å². The maximum absolute atomic E-state index is 10.5. The number of benzene rings is 2. The highest BCUT2D eigenvalue weighted by Crippen LogP contribution is 2.30. The van der Waals surface area contributed by atoms with E-state index in [1.54, 1.807) is 24.3 Å². The van der Waals surface area contributed by atoms with Crippen molar-refractivity contribution in [2.45, 2.75) is 0 Å². The molecule has 6 nitrogen and oxygen atoms in total. The Hall–Kier alpha value is -1.93. The van der Waals surface area contributed by atoms with Crippen LogP contribution in [0.2, 0.25) is 0 Å². The Bertz CT molecular complexity index is 703. The summed E-state index contributed by atoms with van der Waals surface area (Å²) in [7, 11) is 0. The first-order valence-corrected chi connectivity index (χ1v) is 7.27. The summed E-state index contributed by atoms with van der Waals surface area (Å²) in [6.07, 6.45) is 1.45. The summed E-state index contributed by atoms with van der Waals surface area (Å²) < 4.78 is 1.35. The number of nitro benzene ring substituents is 1. The molecule has 2 N–H and O–H groups in total. The van der Waals surface area contributed by atoms with Crippen molar-refractivity contribution >= 4 is 49.4 Å². The van der Waals surface area contributed by atoms with Crippen molar-refractivity contribution in [2.24, 2.45) is 5.10 Å². The highest BCUT2D eigenvalue weighted by Gasteiger charge is 2.05. The van der Waals surface area contributed by atoms with Crippen molar-refractivity contribution in [2.75, 3.05) is 5.43 Å². The number of nitrogens with one attached hydrogen (secondary N) is 1. The first-order chi connectivity index (χ1) is 9.97. The van der Waals surface area contributed by atoms with E-state index in [4.69, 9.17) is 0 Å². The normalized spacial score (nSPS) is 10.8.